The highest BCUT2D eigenvalue weighted by Crippen LogP contribution is 2.17. The van der Waals surface area contributed by atoms with E-state index in [9.17, 15) is 8.42 Å². The number of aryl methyl sites for hydroxylation is 2. The monoisotopic (exact) mass is 292 g/mol. The maximum absolute atomic E-state index is 12.2. The van der Waals surface area contributed by atoms with E-state index in [2.05, 4.69) is 14.7 Å². The number of nitrogens with zero attached hydrogens (tertiary/aromatic N) is 2. The summed E-state index contributed by atoms with van der Waals surface area (Å²) in [5.41, 5.74) is 7.38. The van der Waals surface area contributed by atoms with Gasteiger partial charge in [-0.05, 0) is 43.7 Å². The first-order valence-corrected chi connectivity index (χ1v) is 7.51. The van der Waals surface area contributed by atoms with E-state index in [4.69, 9.17) is 5.73 Å². The molecule has 6 nitrogen and oxygen atoms in total. The number of rotatable bonds is 4. The van der Waals surface area contributed by atoms with E-state index >= 15 is 0 Å². The lowest BCUT2D eigenvalue weighted by molar-refractivity contribution is 0.579. The number of nitrogen functional groups attached to an aromatic ring is 1. The van der Waals surface area contributed by atoms with E-state index in [1.165, 1.54) is 6.07 Å². The summed E-state index contributed by atoms with van der Waals surface area (Å²) in [5.74, 6) is 0.602. The van der Waals surface area contributed by atoms with E-state index in [0.717, 1.165) is 0 Å². The molecule has 20 heavy (non-hydrogen) atoms. The van der Waals surface area contributed by atoms with E-state index in [-0.39, 0.29) is 11.4 Å². The van der Waals surface area contributed by atoms with Gasteiger partial charge in [0.2, 0.25) is 10.0 Å². The summed E-state index contributed by atoms with van der Waals surface area (Å²) in [6.07, 6.45) is 1.60. The quantitative estimate of drug-likeness (QED) is 0.824. The molecule has 0 aliphatic carbocycles. The predicted octanol–water partition coefficient (Wildman–Crippen LogP) is 1.15. The number of hydrogen-bond acceptors (Lipinski definition) is 5. The Labute approximate surface area is 118 Å². The summed E-state index contributed by atoms with van der Waals surface area (Å²) in [7, 11) is -3.58. The van der Waals surface area contributed by atoms with Crippen molar-refractivity contribution >= 4 is 15.7 Å². The normalized spacial score (nSPS) is 11.5. The number of aromatic nitrogens is 2. The van der Waals surface area contributed by atoms with Crippen LogP contribution in [0.25, 0.3) is 0 Å². The van der Waals surface area contributed by atoms with Gasteiger partial charge in [-0.3, -0.25) is 0 Å². The number of anilines is 1. The Balaban J connectivity index is 2.19. The highest BCUT2D eigenvalue weighted by Gasteiger charge is 2.16. The minimum atomic E-state index is -3.58. The first-order chi connectivity index (χ1) is 9.38. The van der Waals surface area contributed by atoms with E-state index < -0.39 is 10.0 Å². The SMILES string of the molecule is Cc1nccc(CNS(=O)(=O)c2ccc(N)cc2C)n1. The molecular weight excluding hydrogens is 276 g/mol. The minimum absolute atomic E-state index is 0.121. The maximum atomic E-state index is 12.2. The molecule has 0 saturated heterocycles. The molecule has 0 unspecified atom stereocenters. The summed E-state index contributed by atoms with van der Waals surface area (Å²) in [6, 6.07) is 6.36. The van der Waals surface area contributed by atoms with Crippen LogP contribution in [0.15, 0.2) is 35.4 Å². The number of nitrogens with two attached hydrogens (primary N) is 1. The number of hydrogen-bond donors (Lipinski definition) is 2. The van der Waals surface area contributed by atoms with Crippen LogP contribution in [0, 0.1) is 13.8 Å². The van der Waals surface area contributed by atoms with E-state index in [0.29, 0.717) is 22.8 Å². The molecule has 0 aliphatic rings. The van der Waals surface area contributed by atoms with Crippen LogP contribution in [-0.4, -0.2) is 18.4 Å². The topological polar surface area (TPSA) is 98.0 Å². The van der Waals surface area contributed by atoms with Gasteiger partial charge in [-0.1, -0.05) is 0 Å². The zero-order valence-electron chi connectivity index (χ0n) is 11.3. The van der Waals surface area contributed by atoms with Gasteiger partial charge in [-0.15, -0.1) is 0 Å². The van der Waals surface area contributed by atoms with Crippen LogP contribution in [-0.2, 0) is 16.6 Å². The van der Waals surface area contributed by atoms with Gasteiger partial charge in [-0.2, -0.15) is 0 Å². The molecular formula is C13H16N4O2S. The van der Waals surface area contributed by atoms with Crippen LogP contribution in [0.3, 0.4) is 0 Å². The van der Waals surface area contributed by atoms with Crippen LogP contribution in [0.4, 0.5) is 5.69 Å². The molecule has 0 fully saturated rings. The molecule has 0 atom stereocenters. The van der Waals surface area contributed by atoms with Crippen molar-refractivity contribution in [3.05, 3.63) is 47.5 Å². The van der Waals surface area contributed by atoms with Crippen LogP contribution >= 0.6 is 0 Å². The van der Waals surface area contributed by atoms with Gasteiger partial charge >= 0.3 is 0 Å². The Kier molecular flexibility index (Phi) is 4.01. The molecule has 1 heterocycles. The van der Waals surface area contributed by atoms with Crippen LogP contribution in [0.1, 0.15) is 17.1 Å². The Morgan fingerprint density at radius 2 is 2.00 bits per heavy atom. The second-order valence-electron chi connectivity index (χ2n) is 4.44. The summed E-state index contributed by atoms with van der Waals surface area (Å²) in [6.45, 7) is 3.58. The average molecular weight is 292 g/mol. The van der Waals surface area contributed by atoms with Crippen LogP contribution < -0.4 is 10.5 Å². The molecule has 0 spiro atoms. The van der Waals surface area contributed by atoms with Crippen molar-refractivity contribution in [2.24, 2.45) is 0 Å². The molecule has 0 saturated carbocycles. The van der Waals surface area contributed by atoms with Gasteiger partial charge in [0.25, 0.3) is 0 Å². The van der Waals surface area contributed by atoms with Gasteiger partial charge in [-0.25, -0.2) is 23.1 Å². The molecule has 0 bridgehead atoms. The average Bonchev–Trinajstić information content (AvgIpc) is 2.36. The molecule has 106 valence electrons. The molecule has 2 rings (SSSR count). The van der Waals surface area contributed by atoms with Gasteiger partial charge in [0.1, 0.15) is 5.82 Å². The molecule has 1 aromatic carbocycles. The largest absolute Gasteiger partial charge is 0.399 e. The smallest absolute Gasteiger partial charge is 0.241 e. The lowest BCUT2D eigenvalue weighted by atomic mass is 10.2. The third-order valence-electron chi connectivity index (χ3n) is 2.77. The molecule has 0 amide bonds. The summed E-state index contributed by atoms with van der Waals surface area (Å²) in [4.78, 5) is 8.33. The zero-order chi connectivity index (χ0) is 14.8. The summed E-state index contributed by atoms with van der Waals surface area (Å²) < 4.78 is 27.0. The van der Waals surface area contributed by atoms with Crippen molar-refractivity contribution < 1.29 is 8.42 Å². The second-order valence-corrected chi connectivity index (χ2v) is 6.18. The summed E-state index contributed by atoms with van der Waals surface area (Å²) in [5, 5.41) is 0. The van der Waals surface area contributed by atoms with Crippen molar-refractivity contribution in [3.63, 3.8) is 0 Å². The minimum Gasteiger partial charge on any atom is -0.399 e. The van der Waals surface area contributed by atoms with Crippen LogP contribution in [0.2, 0.25) is 0 Å². The highest BCUT2D eigenvalue weighted by molar-refractivity contribution is 7.89. The van der Waals surface area contributed by atoms with Gasteiger partial charge in [0.15, 0.2) is 0 Å². The lowest BCUT2D eigenvalue weighted by Crippen LogP contribution is -2.24. The van der Waals surface area contributed by atoms with Crippen molar-refractivity contribution in [1.29, 1.82) is 0 Å². The second kappa shape index (κ2) is 5.56. The third kappa shape index (κ3) is 3.31. The number of nitrogens with one attached hydrogen (secondary N) is 1. The fraction of sp³-hybridized carbons (Fsp3) is 0.231. The standard InChI is InChI=1S/C13H16N4O2S/c1-9-7-11(14)3-4-13(9)20(18,19)16-8-12-5-6-15-10(2)17-12/h3-7,16H,8,14H2,1-2H3. The Hall–Kier alpha value is -1.99. The lowest BCUT2D eigenvalue weighted by Gasteiger charge is -2.09. The summed E-state index contributed by atoms with van der Waals surface area (Å²) >= 11 is 0. The fourth-order valence-corrected chi connectivity index (χ4v) is 3.05. The van der Waals surface area contributed by atoms with E-state index in [1.807, 2.05) is 0 Å². The number of sulfonamides is 1. The van der Waals surface area contributed by atoms with Crippen molar-refractivity contribution in [2.45, 2.75) is 25.3 Å². The van der Waals surface area contributed by atoms with Crippen molar-refractivity contribution in [1.82, 2.24) is 14.7 Å². The molecule has 3 N–H and O–H groups in total. The molecule has 0 aliphatic heterocycles. The first-order valence-electron chi connectivity index (χ1n) is 6.03. The Morgan fingerprint density at radius 1 is 1.25 bits per heavy atom. The zero-order valence-corrected chi connectivity index (χ0v) is 12.1. The predicted molar refractivity (Wildman–Crippen MR) is 76.4 cm³/mol. The molecule has 2 aromatic rings. The Morgan fingerprint density at radius 3 is 2.65 bits per heavy atom. The number of benzene rings is 1. The van der Waals surface area contributed by atoms with Gasteiger partial charge in [0.05, 0.1) is 17.1 Å². The molecule has 0 radical (unpaired) electrons. The van der Waals surface area contributed by atoms with Gasteiger partial charge < -0.3 is 5.73 Å². The fourth-order valence-electron chi connectivity index (χ4n) is 1.82. The van der Waals surface area contributed by atoms with Gasteiger partial charge in [0, 0.05) is 11.9 Å². The van der Waals surface area contributed by atoms with Crippen molar-refractivity contribution in [2.75, 3.05) is 5.73 Å². The first kappa shape index (κ1) is 14.4. The van der Waals surface area contributed by atoms with Crippen LogP contribution in [0.5, 0.6) is 0 Å². The molecule has 7 heteroatoms. The molecule has 1 aromatic heterocycles. The third-order valence-corrected chi connectivity index (χ3v) is 4.33. The maximum Gasteiger partial charge on any atom is 0.241 e. The highest BCUT2D eigenvalue weighted by atomic mass is 32.2. The Bertz CT molecular complexity index is 729. The van der Waals surface area contributed by atoms with Crippen molar-refractivity contribution in [3.8, 4) is 0 Å². The van der Waals surface area contributed by atoms with E-state index in [1.54, 1.807) is 38.2 Å².